The Kier molecular flexibility index (Phi) is 3.93. The average molecular weight is 307 g/mol. The molecule has 1 saturated heterocycles. The van der Waals surface area contributed by atoms with E-state index in [4.69, 9.17) is 0 Å². The van der Waals surface area contributed by atoms with Crippen molar-refractivity contribution in [3.8, 4) is 0 Å². The van der Waals surface area contributed by atoms with Crippen molar-refractivity contribution in [3.63, 3.8) is 0 Å². The van der Waals surface area contributed by atoms with E-state index in [0.717, 1.165) is 32.4 Å². The molecule has 5 heteroatoms. The molecule has 1 aromatic heterocycles. The number of pyridine rings is 1. The first-order chi connectivity index (χ1) is 9.93. The second kappa shape index (κ2) is 5.45. The van der Waals surface area contributed by atoms with Crippen LogP contribution in [0.5, 0.6) is 0 Å². The minimum absolute atomic E-state index is 0.0444. The minimum atomic E-state index is -1.04. The lowest BCUT2D eigenvalue weighted by molar-refractivity contribution is 0.257. The molecule has 1 fully saturated rings. The molecule has 0 saturated carbocycles. The van der Waals surface area contributed by atoms with Crippen molar-refractivity contribution in [2.24, 2.45) is 0 Å². The molecule has 116 valence electrons. The predicted molar refractivity (Wildman–Crippen MR) is 86.5 cm³/mol. The van der Waals surface area contributed by atoms with Gasteiger partial charge in [-0.3, -0.25) is 4.98 Å². The van der Waals surface area contributed by atoms with Crippen LogP contribution < -0.4 is 10.0 Å². The minimum Gasteiger partial charge on any atom is -0.317 e. The molecule has 2 atom stereocenters. The quantitative estimate of drug-likeness (QED) is 0.874. The van der Waals surface area contributed by atoms with Crippen molar-refractivity contribution in [3.05, 3.63) is 29.6 Å². The molecule has 1 aliphatic carbocycles. The Balaban J connectivity index is 1.92. The molecule has 1 spiro atoms. The van der Waals surface area contributed by atoms with Gasteiger partial charge < -0.3 is 5.32 Å². The molecule has 21 heavy (non-hydrogen) atoms. The van der Waals surface area contributed by atoms with Crippen LogP contribution in [-0.2, 0) is 22.8 Å². The Morgan fingerprint density at radius 2 is 2.10 bits per heavy atom. The van der Waals surface area contributed by atoms with Crippen molar-refractivity contribution in [1.82, 2.24) is 15.0 Å². The van der Waals surface area contributed by atoms with E-state index in [9.17, 15) is 4.21 Å². The summed E-state index contributed by atoms with van der Waals surface area (Å²) in [5.74, 6) is 0. The highest BCUT2D eigenvalue weighted by atomic mass is 32.2. The van der Waals surface area contributed by atoms with Gasteiger partial charge in [0.1, 0.15) is 0 Å². The van der Waals surface area contributed by atoms with Crippen LogP contribution in [-0.4, -0.2) is 33.1 Å². The third-order valence-electron chi connectivity index (χ3n) is 4.76. The summed E-state index contributed by atoms with van der Waals surface area (Å²) in [4.78, 5) is 4.69. The van der Waals surface area contributed by atoms with E-state index in [1.165, 1.54) is 11.3 Å². The zero-order valence-electron chi connectivity index (χ0n) is 13.1. The van der Waals surface area contributed by atoms with Crippen molar-refractivity contribution in [2.45, 2.75) is 56.2 Å². The zero-order valence-corrected chi connectivity index (χ0v) is 13.9. The number of nitrogens with one attached hydrogen (secondary N) is 2. The van der Waals surface area contributed by atoms with E-state index in [-0.39, 0.29) is 16.2 Å². The maximum Gasteiger partial charge on any atom is 0.0973 e. The van der Waals surface area contributed by atoms with Crippen molar-refractivity contribution < 1.29 is 4.21 Å². The van der Waals surface area contributed by atoms with Crippen LogP contribution in [0.25, 0.3) is 0 Å². The lowest BCUT2D eigenvalue weighted by Gasteiger charge is -2.40. The molecule has 0 bridgehead atoms. The van der Waals surface area contributed by atoms with Gasteiger partial charge in [-0.25, -0.2) is 8.93 Å². The van der Waals surface area contributed by atoms with Crippen LogP contribution in [0.3, 0.4) is 0 Å². The fourth-order valence-electron chi connectivity index (χ4n) is 3.55. The number of fused-ring (bicyclic) bond motifs is 2. The number of nitrogens with zero attached hydrogens (tertiary/aromatic N) is 1. The number of rotatable bonds is 2. The molecule has 3 rings (SSSR count). The van der Waals surface area contributed by atoms with Crippen LogP contribution in [0.4, 0.5) is 0 Å². The van der Waals surface area contributed by atoms with Crippen molar-refractivity contribution in [2.75, 3.05) is 13.1 Å². The molecule has 1 aromatic rings. The topological polar surface area (TPSA) is 54.0 Å². The second-order valence-electron chi connectivity index (χ2n) is 7.17. The van der Waals surface area contributed by atoms with Crippen LogP contribution >= 0.6 is 0 Å². The van der Waals surface area contributed by atoms with Gasteiger partial charge in [-0.15, -0.1) is 0 Å². The van der Waals surface area contributed by atoms with Gasteiger partial charge in [0, 0.05) is 17.7 Å². The fourth-order valence-corrected chi connectivity index (χ4v) is 4.47. The molecular formula is C16H25N3OS. The number of hydrogen-bond donors (Lipinski definition) is 2. The standard InChI is InChI=1S/C16H25N3OS/c1-15(2,3)21(20)19-13-11-12-5-4-8-18-14(12)16(13)6-9-17-10-7-16/h4-5,8,13,17,19H,6-7,9-11H2,1-3H3/t13-,21?/m1/s1. The van der Waals surface area contributed by atoms with Crippen LogP contribution in [0, 0.1) is 0 Å². The van der Waals surface area contributed by atoms with Gasteiger partial charge in [-0.1, -0.05) is 6.07 Å². The van der Waals surface area contributed by atoms with Gasteiger partial charge in [-0.05, 0) is 64.8 Å². The smallest absolute Gasteiger partial charge is 0.0973 e. The summed E-state index contributed by atoms with van der Waals surface area (Å²) in [5.41, 5.74) is 2.60. The third-order valence-corrected chi connectivity index (χ3v) is 6.37. The van der Waals surface area contributed by atoms with Gasteiger partial charge in [0.15, 0.2) is 0 Å². The zero-order chi connectivity index (χ0) is 15.1. The van der Waals surface area contributed by atoms with Crippen LogP contribution in [0.15, 0.2) is 18.3 Å². The predicted octanol–water partition coefficient (Wildman–Crippen LogP) is 1.68. The van der Waals surface area contributed by atoms with E-state index >= 15 is 0 Å². The molecule has 2 aliphatic rings. The highest BCUT2D eigenvalue weighted by Gasteiger charge is 2.49. The first kappa shape index (κ1) is 15.1. The lowest BCUT2D eigenvalue weighted by Crippen LogP contribution is -2.54. The Labute approximate surface area is 129 Å². The molecule has 1 aliphatic heterocycles. The molecule has 4 nitrogen and oxygen atoms in total. The summed E-state index contributed by atoms with van der Waals surface area (Å²) in [5, 5.41) is 3.44. The maximum absolute atomic E-state index is 12.6. The Morgan fingerprint density at radius 1 is 1.38 bits per heavy atom. The van der Waals surface area contributed by atoms with Gasteiger partial charge in [0.25, 0.3) is 0 Å². The molecule has 0 amide bonds. The average Bonchev–Trinajstić information content (AvgIpc) is 2.73. The molecule has 0 radical (unpaired) electrons. The summed E-state index contributed by atoms with van der Waals surface area (Å²) >= 11 is 0. The lowest BCUT2D eigenvalue weighted by atomic mass is 9.74. The van der Waals surface area contributed by atoms with Gasteiger partial charge >= 0.3 is 0 Å². The Hall–Kier alpha value is -0.780. The molecular weight excluding hydrogens is 282 g/mol. The monoisotopic (exact) mass is 307 g/mol. The highest BCUT2D eigenvalue weighted by molar-refractivity contribution is 7.84. The van der Waals surface area contributed by atoms with Crippen LogP contribution in [0.2, 0.25) is 0 Å². The maximum atomic E-state index is 12.6. The third kappa shape index (κ3) is 2.67. The summed E-state index contributed by atoms with van der Waals surface area (Å²) in [6.07, 6.45) is 4.96. The summed E-state index contributed by atoms with van der Waals surface area (Å²) in [7, 11) is -1.04. The first-order valence-electron chi connectivity index (χ1n) is 7.77. The molecule has 2 N–H and O–H groups in total. The number of aromatic nitrogens is 1. The molecule has 0 aromatic carbocycles. The summed E-state index contributed by atoms with van der Waals surface area (Å²) in [6, 6.07) is 4.41. The molecule has 1 unspecified atom stereocenters. The van der Waals surface area contributed by atoms with Crippen molar-refractivity contribution >= 4 is 11.0 Å². The SMILES string of the molecule is CC(C)(C)S(=O)N[C@@H]1Cc2cccnc2C12CCNCC2. The fraction of sp³-hybridized carbons (Fsp3) is 0.688. The number of piperidine rings is 1. The van der Waals surface area contributed by atoms with E-state index in [0.29, 0.717) is 0 Å². The Bertz CT molecular complexity index is 547. The van der Waals surface area contributed by atoms with E-state index in [2.05, 4.69) is 21.1 Å². The van der Waals surface area contributed by atoms with E-state index < -0.39 is 11.0 Å². The van der Waals surface area contributed by atoms with Crippen LogP contribution in [0.1, 0.15) is 44.9 Å². The molecule has 2 heterocycles. The van der Waals surface area contributed by atoms with Gasteiger partial charge in [0.2, 0.25) is 0 Å². The second-order valence-corrected chi connectivity index (χ2v) is 9.17. The largest absolute Gasteiger partial charge is 0.317 e. The first-order valence-corrected chi connectivity index (χ1v) is 8.92. The van der Waals surface area contributed by atoms with Gasteiger partial charge in [-0.2, -0.15) is 0 Å². The Morgan fingerprint density at radius 3 is 2.76 bits per heavy atom. The summed E-state index contributed by atoms with van der Waals surface area (Å²) in [6.45, 7) is 8.08. The van der Waals surface area contributed by atoms with E-state index in [1.807, 2.05) is 33.0 Å². The highest BCUT2D eigenvalue weighted by Crippen LogP contribution is 2.44. The number of hydrogen-bond acceptors (Lipinski definition) is 3. The van der Waals surface area contributed by atoms with Gasteiger partial charge in [0.05, 0.1) is 21.4 Å². The normalized spacial score (nSPS) is 25.8. The summed E-state index contributed by atoms with van der Waals surface area (Å²) < 4.78 is 15.8. The van der Waals surface area contributed by atoms with E-state index in [1.54, 1.807) is 0 Å². The van der Waals surface area contributed by atoms with Crippen molar-refractivity contribution in [1.29, 1.82) is 0 Å².